The van der Waals surface area contributed by atoms with Crippen molar-refractivity contribution in [2.24, 2.45) is 11.8 Å². The summed E-state index contributed by atoms with van der Waals surface area (Å²) in [6.07, 6.45) is 4.87. The first kappa shape index (κ1) is 17.4. The first-order valence-electron chi connectivity index (χ1n) is 9.33. The maximum Gasteiger partial charge on any atom is 0.226 e. The first-order chi connectivity index (χ1) is 11.6. The summed E-state index contributed by atoms with van der Waals surface area (Å²) in [7, 11) is 1.91. The average molecular weight is 330 g/mol. The molecule has 1 heterocycles. The lowest BCUT2D eigenvalue weighted by Crippen LogP contribution is -2.45. The largest absolute Gasteiger partial charge is 0.393 e. The zero-order chi connectivity index (χ0) is 16.9. The molecule has 4 nitrogen and oxygen atoms in total. The summed E-state index contributed by atoms with van der Waals surface area (Å²) in [6, 6.07) is 10.5. The fraction of sp³-hybridized carbons (Fsp3) is 0.650. The summed E-state index contributed by atoms with van der Waals surface area (Å²) in [5, 5.41) is 9.99. The molecule has 132 valence electrons. The topological polar surface area (TPSA) is 43.8 Å². The third-order valence-corrected chi connectivity index (χ3v) is 5.61. The Balaban J connectivity index is 1.52. The number of hydrogen-bond acceptors (Lipinski definition) is 3. The molecule has 1 N–H and O–H groups in total. The average Bonchev–Trinajstić information content (AvgIpc) is 3.00. The number of carbonyl (C=O) groups excluding carboxylic acids is 1. The number of nitrogens with zero attached hydrogens (tertiary/aromatic N) is 2. The van der Waals surface area contributed by atoms with Crippen molar-refractivity contribution in [1.82, 2.24) is 9.80 Å². The lowest BCUT2D eigenvalue weighted by atomic mass is 9.95. The van der Waals surface area contributed by atoms with E-state index >= 15 is 0 Å². The number of rotatable bonds is 5. The molecule has 0 spiro atoms. The molecule has 2 fully saturated rings. The van der Waals surface area contributed by atoms with Crippen molar-refractivity contribution in [2.45, 2.75) is 44.8 Å². The lowest BCUT2D eigenvalue weighted by molar-refractivity contribution is -0.137. The first-order valence-corrected chi connectivity index (χ1v) is 9.33. The Morgan fingerprint density at radius 1 is 1.21 bits per heavy atom. The minimum atomic E-state index is -0.221. The number of piperidine rings is 1. The maximum atomic E-state index is 12.8. The monoisotopic (exact) mass is 330 g/mol. The van der Waals surface area contributed by atoms with Gasteiger partial charge in [-0.3, -0.25) is 9.69 Å². The van der Waals surface area contributed by atoms with Crippen LogP contribution in [0.4, 0.5) is 0 Å². The van der Waals surface area contributed by atoms with Gasteiger partial charge in [-0.05, 0) is 37.8 Å². The second-order valence-corrected chi connectivity index (χ2v) is 7.54. The number of aliphatic hydroxyl groups is 1. The molecule has 4 heteroatoms. The molecule has 1 aliphatic heterocycles. The quantitative estimate of drug-likeness (QED) is 0.902. The van der Waals surface area contributed by atoms with E-state index in [4.69, 9.17) is 0 Å². The van der Waals surface area contributed by atoms with Crippen LogP contribution in [0.2, 0.25) is 0 Å². The third kappa shape index (κ3) is 4.37. The number of benzene rings is 1. The molecule has 1 amide bonds. The smallest absolute Gasteiger partial charge is 0.226 e. The molecule has 3 rings (SSSR count). The van der Waals surface area contributed by atoms with Gasteiger partial charge in [-0.25, -0.2) is 0 Å². The van der Waals surface area contributed by atoms with Crippen molar-refractivity contribution in [3.8, 4) is 0 Å². The van der Waals surface area contributed by atoms with Gasteiger partial charge in [0.25, 0.3) is 0 Å². The minimum absolute atomic E-state index is 0.103. The fourth-order valence-electron chi connectivity index (χ4n) is 4.23. The van der Waals surface area contributed by atoms with E-state index in [0.29, 0.717) is 6.54 Å². The maximum absolute atomic E-state index is 12.8. The number of carbonyl (C=O) groups is 1. The van der Waals surface area contributed by atoms with Crippen LogP contribution in [0, 0.1) is 11.8 Å². The number of likely N-dealkylation sites (tertiary alicyclic amines) is 1. The molecule has 24 heavy (non-hydrogen) atoms. The Bertz CT molecular complexity index is 534. The number of aliphatic hydroxyl groups excluding tert-OH is 1. The lowest BCUT2D eigenvalue weighted by Gasteiger charge is -2.34. The van der Waals surface area contributed by atoms with Crippen molar-refractivity contribution < 1.29 is 9.90 Å². The molecule has 0 aromatic heterocycles. The minimum Gasteiger partial charge on any atom is -0.393 e. The number of amides is 1. The van der Waals surface area contributed by atoms with Gasteiger partial charge in [0.05, 0.1) is 12.0 Å². The molecule has 0 radical (unpaired) electrons. The van der Waals surface area contributed by atoms with Gasteiger partial charge in [0, 0.05) is 32.6 Å². The van der Waals surface area contributed by atoms with Crippen LogP contribution in [0.1, 0.15) is 37.7 Å². The summed E-state index contributed by atoms with van der Waals surface area (Å²) < 4.78 is 0. The van der Waals surface area contributed by atoms with Crippen molar-refractivity contribution in [1.29, 1.82) is 0 Å². The zero-order valence-electron chi connectivity index (χ0n) is 14.7. The Morgan fingerprint density at radius 2 is 2.00 bits per heavy atom. The Labute approximate surface area is 145 Å². The van der Waals surface area contributed by atoms with E-state index < -0.39 is 0 Å². The van der Waals surface area contributed by atoms with Gasteiger partial charge < -0.3 is 10.0 Å². The standard InChI is InChI=1S/C20H30N2O2/c1-21(14-17-9-5-11-19(17)23)20(24)18-10-6-12-22(15-18)13-16-7-3-2-4-8-16/h2-4,7-8,17-19,23H,5-6,9-15H2,1H3. The van der Waals surface area contributed by atoms with Crippen molar-refractivity contribution in [3.63, 3.8) is 0 Å². The molecule has 1 saturated carbocycles. The summed E-state index contributed by atoms with van der Waals surface area (Å²) in [5.74, 6) is 0.626. The molecular formula is C20H30N2O2. The van der Waals surface area contributed by atoms with Crippen molar-refractivity contribution in [2.75, 3.05) is 26.7 Å². The number of hydrogen-bond donors (Lipinski definition) is 1. The van der Waals surface area contributed by atoms with E-state index in [1.165, 1.54) is 5.56 Å². The second-order valence-electron chi connectivity index (χ2n) is 7.54. The van der Waals surface area contributed by atoms with Gasteiger partial charge >= 0.3 is 0 Å². The van der Waals surface area contributed by atoms with Crippen LogP contribution < -0.4 is 0 Å². The van der Waals surface area contributed by atoms with Crippen LogP contribution in [0.15, 0.2) is 30.3 Å². The second kappa shape index (κ2) is 8.13. The highest BCUT2D eigenvalue weighted by atomic mass is 16.3. The Morgan fingerprint density at radius 3 is 2.71 bits per heavy atom. The van der Waals surface area contributed by atoms with Gasteiger partial charge in [0.2, 0.25) is 5.91 Å². The van der Waals surface area contributed by atoms with E-state index in [1.54, 1.807) is 0 Å². The molecule has 1 aliphatic carbocycles. The normalized spacial score (nSPS) is 28.0. The predicted octanol–water partition coefficient (Wildman–Crippen LogP) is 2.52. The van der Waals surface area contributed by atoms with E-state index in [-0.39, 0.29) is 23.8 Å². The van der Waals surface area contributed by atoms with Crippen LogP contribution in [0.25, 0.3) is 0 Å². The van der Waals surface area contributed by atoms with Crippen LogP contribution in [-0.2, 0) is 11.3 Å². The van der Waals surface area contributed by atoms with Crippen molar-refractivity contribution >= 4 is 5.91 Å². The van der Waals surface area contributed by atoms with E-state index in [2.05, 4.69) is 29.2 Å². The van der Waals surface area contributed by atoms with Crippen LogP contribution in [-0.4, -0.2) is 53.6 Å². The zero-order valence-corrected chi connectivity index (χ0v) is 14.7. The molecule has 2 aliphatic rings. The van der Waals surface area contributed by atoms with E-state index in [1.807, 2.05) is 18.0 Å². The molecule has 1 saturated heterocycles. The van der Waals surface area contributed by atoms with Gasteiger partial charge in [-0.1, -0.05) is 36.8 Å². The molecule has 0 bridgehead atoms. The van der Waals surface area contributed by atoms with Gasteiger partial charge in [-0.2, -0.15) is 0 Å². The Hall–Kier alpha value is -1.39. The fourth-order valence-corrected chi connectivity index (χ4v) is 4.23. The van der Waals surface area contributed by atoms with Crippen LogP contribution in [0.3, 0.4) is 0 Å². The summed E-state index contributed by atoms with van der Waals surface area (Å²) in [5.41, 5.74) is 1.31. The third-order valence-electron chi connectivity index (χ3n) is 5.61. The van der Waals surface area contributed by atoms with E-state index in [0.717, 1.165) is 51.7 Å². The van der Waals surface area contributed by atoms with E-state index in [9.17, 15) is 9.90 Å². The molecule has 3 atom stereocenters. The molecule has 1 aromatic rings. The molecule has 3 unspecified atom stereocenters. The highest BCUT2D eigenvalue weighted by Crippen LogP contribution is 2.27. The van der Waals surface area contributed by atoms with Crippen LogP contribution in [0.5, 0.6) is 0 Å². The predicted molar refractivity (Wildman–Crippen MR) is 95.4 cm³/mol. The summed E-state index contributed by atoms with van der Waals surface area (Å²) in [4.78, 5) is 17.1. The van der Waals surface area contributed by atoms with Gasteiger partial charge in [0.1, 0.15) is 0 Å². The summed E-state index contributed by atoms with van der Waals surface area (Å²) in [6.45, 7) is 3.56. The Kier molecular flexibility index (Phi) is 5.90. The highest BCUT2D eigenvalue weighted by molar-refractivity contribution is 5.79. The molecule has 1 aromatic carbocycles. The molecular weight excluding hydrogens is 300 g/mol. The highest BCUT2D eigenvalue weighted by Gasteiger charge is 2.31. The summed E-state index contributed by atoms with van der Waals surface area (Å²) >= 11 is 0. The van der Waals surface area contributed by atoms with Gasteiger partial charge in [-0.15, -0.1) is 0 Å². The van der Waals surface area contributed by atoms with Crippen molar-refractivity contribution in [3.05, 3.63) is 35.9 Å². The van der Waals surface area contributed by atoms with Crippen LogP contribution >= 0.6 is 0 Å². The van der Waals surface area contributed by atoms with Gasteiger partial charge in [0.15, 0.2) is 0 Å². The SMILES string of the molecule is CN(CC1CCCC1O)C(=O)C1CCCN(Cc2ccccc2)C1.